The summed E-state index contributed by atoms with van der Waals surface area (Å²) < 4.78 is 0. The van der Waals surface area contributed by atoms with Crippen molar-refractivity contribution in [1.29, 1.82) is 0 Å². The minimum atomic E-state index is -0.127. The molecule has 0 bridgehead atoms. The lowest BCUT2D eigenvalue weighted by molar-refractivity contribution is 0.0950. The SMILES string of the molecule is NC(=S)Cc1ccc(C(=O)NCc2ccccn2)cc1. The predicted octanol–water partition coefficient (Wildman–Crippen LogP) is 1.84. The number of benzene rings is 1. The standard InChI is InChI=1S/C15H15N3OS/c16-14(20)9-11-4-6-12(7-5-11)15(19)18-10-13-3-1-2-8-17-13/h1-8H,9-10H2,(H2,16,20)(H,18,19). The molecule has 0 aliphatic heterocycles. The highest BCUT2D eigenvalue weighted by molar-refractivity contribution is 7.80. The molecular weight excluding hydrogens is 270 g/mol. The van der Waals surface area contributed by atoms with E-state index in [0.29, 0.717) is 23.5 Å². The van der Waals surface area contributed by atoms with Crippen molar-refractivity contribution in [3.63, 3.8) is 0 Å². The molecule has 1 aromatic carbocycles. The molecule has 1 heterocycles. The molecule has 1 amide bonds. The monoisotopic (exact) mass is 285 g/mol. The summed E-state index contributed by atoms with van der Waals surface area (Å²) in [7, 11) is 0. The molecule has 0 saturated carbocycles. The van der Waals surface area contributed by atoms with Gasteiger partial charge in [-0.3, -0.25) is 9.78 Å². The van der Waals surface area contributed by atoms with Crippen molar-refractivity contribution in [2.45, 2.75) is 13.0 Å². The van der Waals surface area contributed by atoms with Crippen molar-refractivity contribution in [1.82, 2.24) is 10.3 Å². The minimum absolute atomic E-state index is 0.127. The zero-order valence-corrected chi connectivity index (χ0v) is 11.7. The van der Waals surface area contributed by atoms with Crippen LogP contribution in [0, 0.1) is 0 Å². The molecule has 0 aliphatic carbocycles. The average molecular weight is 285 g/mol. The normalized spacial score (nSPS) is 10.0. The number of hydrogen-bond acceptors (Lipinski definition) is 3. The summed E-state index contributed by atoms with van der Waals surface area (Å²) in [5.41, 5.74) is 7.91. The maximum Gasteiger partial charge on any atom is 0.251 e. The van der Waals surface area contributed by atoms with Crippen LogP contribution < -0.4 is 11.1 Å². The first-order chi connectivity index (χ1) is 9.65. The highest BCUT2D eigenvalue weighted by atomic mass is 32.1. The highest BCUT2D eigenvalue weighted by Crippen LogP contribution is 2.06. The Bertz CT molecular complexity index is 596. The van der Waals surface area contributed by atoms with Crippen LogP contribution >= 0.6 is 12.2 Å². The van der Waals surface area contributed by atoms with Gasteiger partial charge in [0.05, 0.1) is 17.2 Å². The van der Waals surface area contributed by atoms with Crippen molar-refractivity contribution in [2.24, 2.45) is 5.73 Å². The van der Waals surface area contributed by atoms with E-state index in [0.717, 1.165) is 11.3 Å². The number of nitrogens with two attached hydrogens (primary N) is 1. The van der Waals surface area contributed by atoms with Gasteiger partial charge in [-0.15, -0.1) is 0 Å². The third-order valence-electron chi connectivity index (χ3n) is 2.75. The molecule has 102 valence electrons. The van der Waals surface area contributed by atoms with Crippen LogP contribution in [0.1, 0.15) is 21.6 Å². The summed E-state index contributed by atoms with van der Waals surface area (Å²) in [4.78, 5) is 16.6. The van der Waals surface area contributed by atoms with E-state index >= 15 is 0 Å². The number of amides is 1. The zero-order valence-electron chi connectivity index (χ0n) is 10.9. The van der Waals surface area contributed by atoms with Gasteiger partial charge in [-0.25, -0.2) is 0 Å². The summed E-state index contributed by atoms with van der Waals surface area (Å²) in [6.45, 7) is 0.411. The second-order valence-corrected chi connectivity index (χ2v) is 4.87. The fourth-order valence-corrected chi connectivity index (χ4v) is 1.92. The van der Waals surface area contributed by atoms with Crippen LogP contribution in [-0.2, 0) is 13.0 Å². The Balaban J connectivity index is 1.94. The molecule has 20 heavy (non-hydrogen) atoms. The third kappa shape index (κ3) is 4.13. The number of hydrogen-bond donors (Lipinski definition) is 2. The van der Waals surface area contributed by atoms with E-state index < -0.39 is 0 Å². The molecule has 4 nitrogen and oxygen atoms in total. The summed E-state index contributed by atoms with van der Waals surface area (Å²) in [5, 5.41) is 2.82. The van der Waals surface area contributed by atoms with Gasteiger partial charge in [-0.2, -0.15) is 0 Å². The van der Waals surface area contributed by atoms with Gasteiger partial charge in [0.2, 0.25) is 0 Å². The molecule has 0 aliphatic rings. The van der Waals surface area contributed by atoms with Crippen molar-refractivity contribution in [2.75, 3.05) is 0 Å². The van der Waals surface area contributed by atoms with Crippen molar-refractivity contribution in [3.05, 3.63) is 65.5 Å². The number of thiocarbonyl (C=S) groups is 1. The van der Waals surface area contributed by atoms with E-state index in [9.17, 15) is 4.79 Å². The van der Waals surface area contributed by atoms with E-state index in [1.807, 2.05) is 30.3 Å². The molecule has 0 saturated heterocycles. The smallest absolute Gasteiger partial charge is 0.251 e. The minimum Gasteiger partial charge on any atom is -0.393 e. The van der Waals surface area contributed by atoms with Gasteiger partial charge in [0.15, 0.2) is 0 Å². The first-order valence-corrected chi connectivity index (χ1v) is 6.61. The van der Waals surface area contributed by atoms with Gasteiger partial charge in [0, 0.05) is 18.2 Å². The molecule has 0 atom stereocenters. The topological polar surface area (TPSA) is 68.0 Å². The largest absolute Gasteiger partial charge is 0.393 e. The first-order valence-electron chi connectivity index (χ1n) is 6.20. The molecule has 2 aromatic rings. The fraction of sp³-hybridized carbons (Fsp3) is 0.133. The van der Waals surface area contributed by atoms with Crippen LogP contribution in [0.4, 0.5) is 0 Å². The molecule has 0 spiro atoms. The second-order valence-electron chi connectivity index (χ2n) is 4.34. The van der Waals surface area contributed by atoms with Gasteiger partial charge in [0.25, 0.3) is 5.91 Å². The first kappa shape index (κ1) is 14.1. The molecule has 0 unspecified atom stereocenters. The van der Waals surface area contributed by atoms with Crippen LogP contribution in [0.2, 0.25) is 0 Å². The van der Waals surface area contributed by atoms with Crippen LogP contribution in [0.5, 0.6) is 0 Å². The lowest BCUT2D eigenvalue weighted by atomic mass is 10.1. The Kier molecular flexibility index (Phi) is 4.79. The van der Waals surface area contributed by atoms with Crippen LogP contribution in [0.3, 0.4) is 0 Å². The number of aromatic nitrogens is 1. The van der Waals surface area contributed by atoms with Crippen LogP contribution in [0.25, 0.3) is 0 Å². The molecule has 2 rings (SSSR count). The molecular formula is C15H15N3OS. The van der Waals surface area contributed by atoms with E-state index in [1.165, 1.54) is 0 Å². The maximum absolute atomic E-state index is 12.0. The molecule has 0 fully saturated rings. The third-order valence-corrected chi connectivity index (χ3v) is 2.90. The van der Waals surface area contributed by atoms with E-state index in [2.05, 4.69) is 10.3 Å². The second kappa shape index (κ2) is 6.77. The summed E-state index contributed by atoms with van der Waals surface area (Å²) >= 11 is 4.85. The number of pyridine rings is 1. The Morgan fingerprint density at radius 3 is 2.55 bits per heavy atom. The van der Waals surface area contributed by atoms with Gasteiger partial charge in [-0.05, 0) is 29.8 Å². The van der Waals surface area contributed by atoms with Crippen molar-refractivity contribution >= 4 is 23.1 Å². The van der Waals surface area contributed by atoms with E-state index in [-0.39, 0.29) is 5.91 Å². The Labute approximate surface area is 123 Å². The lowest BCUT2D eigenvalue weighted by Gasteiger charge is -2.06. The fourth-order valence-electron chi connectivity index (χ4n) is 1.75. The Morgan fingerprint density at radius 1 is 1.20 bits per heavy atom. The van der Waals surface area contributed by atoms with Gasteiger partial charge >= 0.3 is 0 Å². The lowest BCUT2D eigenvalue weighted by Crippen LogP contribution is -2.23. The zero-order chi connectivity index (χ0) is 14.4. The highest BCUT2D eigenvalue weighted by Gasteiger charge is 2.05. The van der Waals surface area contributed by atoms with E-state index in [1.54, 1.807) is 18.3 Å². The van der Waals surface area contributed by atoms with Gasteiger partial charge in [-0.1, -0.05) is 30.4 Å². The molecule has 0 radical (unpaired) electrons. The van der Waals surface area contributed by atoms with Crippen LogP contribution in [-0.4, -0.2) is 15.9 Å². The number of nitrogens with zero attached hydrogens (tertiary/aromatic N) is 1. The van der Waals surface area contributed by atoms with E-state index in [4.69, 9.17) is 18.0 Å². The number of rotatable bonds is 5. The van der Waals surface area contributed by atoms with Gasteiger partial charge < -0.3 is 11.1 Å². The Hall–Kier alpha value is -2.27. The predicted molar refractivity (Wildman–Crippen MR) is 82.3 cm³/mol. The molecule has 1 aromatic heterocycles. The number of carbonyl (C=O) groups is 1. The maximum atomic E-state index is 12.0. The van der Waals surface area contributed by atoms with Crippen molar-refractivity contribution < 1.29 is 4.79 Å². The summed E-state index contributed by atoms with van der Waals surface area (Å²) in [6, 6.07) is 12.8. The van der Waals surface area contributed by atoms with Crippen molar-refractivity contribution in [3.8, 4) is 0 Å². The van der Waals surface area contributed by atoms with Gasteiger partial charge in [0.1, 0.15) is 0 Å². The summed E-state index contributed by atoms with van der Waals surface area (Å²) in [6.07, 6.45) is 2.25. The molecule has 3 N–H and O–H groups in total. The average Bonchev–Trinajstić information content (AvgIpc) is 2.46. The number of carbonyl (C=O) groups excluding carboxylic acids is 1. The number of nitrogens with one attached hydrogen (secondary N) is 1. The summed E-state index contributed by atoms with van der Waals surface area (Å²) in [5.74, 6) is -0.127. The quantitative estimate of drug-likeness (QED) is 0.823. The van der Waals surface area contributed by atoms with Crippen LogP contribution in [0.15, 0.2) is 48.7 Å². The Morgan fingerprint density at radius 2 is 1.95 bits per heavy atom. The molecule has 5 heteroatoms.